The molecule has 0 rings (SSSR count). The smallest absolute Gasteiger partial charge is 0.462 e. The average Bonchev–Trinajstić information content (AvgIpc) is 2.39. The van der Waals surface area contributed by atoms with E-state index in [1.54, 1.807) is 6.92 Å². The van der Waals surface area contributed by atoms with Crippen molar-refractivity contribution >= 4 is 19.8 Å². The zero-order valence-electron chi connectivity index (χ0n) is 14.3. The lowest BCUT2D eigenvalue weighted by Gasteiger charge is -2.24. The number of likely N-dealkylation sites (N-methyl/N-ethyl adjacent to an activating group) is 1. The van der Waals surface area contributed by atoms with Crippen LogP contribution in [0.2, 0.25) is 0 Å². The Labute approximate surface area is 136 Å². The highest BCUT2D eigenvalue weighted by atomic mass is 31.2. The molecule has 0 amide bonds. The molecule has 0 aliphatic rings. The Bertz CT molecular complexity index is 434. The molecule has 23 heavy (non-hydrogen) atoms. The number of nitrogens with zero attached hydrogens (tertiary/aromatic N) is 1. The lowest BCUT2D eigenvalue weighted by Crippen LogP contribution is -2.37. The minimum absolute atomic E-state index is 0.0281. The summed E-state index contributed by atoms with van der Waals surface area (Å²) in [6, 6.07) is 0. The molecule has 0 aliphatic heterocycles. The van der Waals surface area contributed by atoms with Gasteiger partial charge in [0, 0.05) is 13.3 Å². The normalized spacial score (nSPS) is 15.6. The van der Waals surface area contributed by atoms with Crippen LogP contribution in [0.1, 0.15) is 20.3 Å². The van der Waals surface area contributed by atoms with E-state index in [1.165, 1.54) is 6.92 Å². The van der Waals surface area contributed by atoms with Crippen LogP contribution in [0, 0.1) is 0 Å². The van der Waals surface area contributed by atoms with E-state index in [1.807, 2.05) is 21.1 Å². The third kappa shape index (κ3) is 13.2. The Morgan fingerprint density at radius 1 is 1.17 bits per heavy atom. The second-order valence-electron chi connectivity index (χ2n) is 5.88. The van der Waals surface area contributed by atoms with Crippen LogP contribution in [0.25, 0.3) is 0 Å². The molecule has 0 aliphatic carbocycles. The van der Waals surface area contributed by atoms with Gasteiger partial charge in [-0.1, -0.05) is 6.92 Å². The van der Waals surface area contributed by atoms with Gasteiger partial charge in [-0.2, -0.15) is 0 Å². The summed E-state index contributed by atoms with van der Waals surface area (Å²) >= 11 is 0. The van der Waals surface area contributed by atoms with Crippen LogP contribution in [-0.4, -0.2) is 74.9 Å². The maximum atomic E-state index is 11.7. The highest BCUT2D eigenvalue weighted by Crippen LogP contribution is 2.43. The lowest BCUT2D eigenvalue weighted by molar-refractivity contribution is -0.870. The van der Waals surface area contributed by atoms with E-state index in [9.17, 15) is 19.0 Å². The summed E-state index contributed by atoms with van der Waals surface area (Å²) in [4.78, 5) is 31.7. The van der Waals surface area contributed by atoms with Gasteiger partial charge >= 0.3 is 19.8 Å². The molecule has 10 heteroatoms. The fraction of sp³-hybridized carbons (Fsp3) is 0.846. The van der Waals surface area contributed by atoms with Crippen LogP contribution in [0.15, 0.2) is 0 Å². The molecule has 0 saturated heterocycles. The quantitative estimate of drug-likeness (QED) is 0.328. The summed E-state index contributed by atoms with van der Waals surface area (Å²) in [6.45, 7) is 2.64. The first kappa shape index (κ1) is 22.0. The van der Waals surface area contributed by atoms with Crippen LogP contribution in [0.5, 0.6) is 0 Å². The van der Waals surface area contributed by atoms with E-state index in [4.69, 9.17) is 18.5 Å². The molecular weight excluding hydrogens is 329 g/mol. The van der Waals surface area contributed by atoms with Crippen molar-refractivity contribution in [3.63, 3.8) is 0 Å². The van der Waals surface area contributed by atoms with Crippen molar-refractivity contribution in [3.8, 4) is 0 Å². The highest BCUT2D eigenvalue weighted by molar-refractivity contribution is 7.47. The van der Waals surface area contributed by atoms with Crippen molar-refractivity contribution in [2.75, 3.05) is 47.5 Å². The number of carbonyl (C=O) groups excluding carboxylic acids is 2. The molecular formula is C13H27NO8P+. The van der Waals surface area contributed by atoms with E-state index in [-0.39, 0.29) is 19.6 Å². The predicted molar refractivity (Wildman–Crippen MR) is 81.4 cm³/mol. The van der Waals surface area contributed by atoms with E-state index in [0.717, 1.165) is 0 Å². The number of hydrogen-bond acceptors (Lipinski definition) is 7. The number of ether oxygens (including phenoxy) is 2. The molecule has 0 radical (unpaired) electrons. The molecule has 0 aromatic rings. The van der Waals surface area contributed by atoms with Gasteiger partial charge in [0.05, 0.1) is 27.7 Å². The summed E-state index contributed by atoms with van der Waals surface area (Å²) < 4.78 is 31.6. The van der Waals surface area contributed by atoms with Gasteiger partial charge in [0.25, 0.3) is 0 Å². The molecule has 0 fully saturated rings. The van der Waals surface area contributed by atoms with Gasteiger partial charge < -0.3 is 18.9 Å². The van der Waals surface area contributed by atoms with Crippen LogP contribution in [0.3, 0.4) is 0 Å². The third-order valence-electron chi connectivity index (χ3n) is 2.49. The summed E-state index contributed by atoms with van der Waals surface area (Å²) in [5.74, 6) is -1.10. The number of phosphoric acid groups is 1. The highest BCUT2D eigenvalue weighted by Gasteiger charge is 2.26. The molecule has 0 heterocycles. The van der Waals surface area contributed by atoms with Crippen LogP contribution < -0.4 is 0 Å². The van der Waals surface area contributed by atoms with Crippen LogP contribution >= 0.6 is 7.82 Å². The second kappa shape index (κ2) is 10.00. The number of phosphoric ester groups is 1. The minimum atomic E-state index is -4.27. The van der Waals surface area contributed by atoms with Gasteiger partial charge in [0.15, 0.2) is 6.10 Å². The first-order chi connectivity index (χ1) is 10.4. The predicted octanol–water partition coefficient (Wildman–Crippen LogP) is 0.711. The summed E-state index contributed by atoms with van der Waals surface area (Å²) in [7, 11) is 1.45. The Kier molecular flexibility index (Phi) is 9.57. The third-order valence-corrected chi connectivity index (χ3v) is 3.48. The summed E-state index contributed by atoms with van der Waals surface area (Å²) in [5, 5.41) is 0. The SMILES string of the molecule is CCC(=O)OCC(COP(=O)(O)OCC[N+](C)(C)C)OC(C)=O. The van der Waals surface area contributed by atoms with Gasteiger partial charge in [-0.15, -0.1) is 0 Å². The van der Waals surface area contributed by atoms with E-state index in [0.29, 0.717) is 11.0 Å². The van der Waals surface area contributed by atoms with Gasteiger partial charge in [-0.3, -0.25) is 18.6 Å². The topological polar surface area (TPSA) is 108 Å². The molecule has 2 unspecified atom stereocenters. The molecule has 0 spiro atoms. The van der Waals surface area contributed by atoms with Gasteiger partial charge in [-0.05, 0) is 0 Å². The second-order valence-corrected chi connectivity index (χ2v) is 7.33. The first-order valence-electron chi connectivity index (χ1n) is 7.20. The van der Waals surface area contributed by atoms with Gasteiger partial charge in [0.1, 0.15) is 19.8 Å². The first-order valence-corrected chi connectivity index (χ1v) is 8.70. The molecule has 0 aromatic heterocycles. The van der Waals surface area contributed by atoms with Crippen LogP contribution in [0.4, 0.5) is 0 Å². The minimum Gasteiger partial charge on any atom is -0.462 e. The van der Waals surface area contributed by atoms with E-state index < -0.39 is 32.5 Å². The van der Waals surface area contributed by atoms with Crippen molar-refractivity contribution < 1.29 is 42.1 Å². The molecule has 0 bridgehead atoms. The molecule has 9 nitrogen and oxygen atoms in total. The van der Waals surface area contributed by atoms with E-state index in [2.05, 4.69) is 0 Å². The number of quaternary nitrogens is 1. The van der Waals surface area contributed by atoms with Crippen molar-refractivity contribution in [2.45, 2.75) is 26.4 Å². The zero-order valence-corrected chi connectivity index (χ0v) is 15.2. The molecule has 136 valence electrons. The van der Waals surface area contributed by atoms with E-state index >= 15 is 0 Å². The Balaban J connectivity index is 4.36. The molecule has 0 aromatic carbocycles. The summed E-state index contributed by atoms with van der Waals surface area (Å²) in [5.41, 5.74) is 0. The Morgan fingerprint density at radius 3 is 2.26 bits per heavy atom. The lowest BCUT2D eigenvalue weighted by atomic mass is 10.4. The van der Waals surface area contributed by atoms with Crippen molar-refractivity contribution in [2.24, 2.45) is 0 Å². The van der Waals surface area contributed by atoms with Gasteiger partial charge in [-0.25, -0.2) is 4.57 Å². The Morgan fingerprint density at radius 2 is 1.78 bits per heavy atom. The Hall–Kier alpha value is -0.990. The zero-order chi connectivity index (χ0) is 18.1. The van der Waals surface area contributed by atoms with Crippen LogP contribution in [-0.2, 0) is 32.7 Å². The monoisotopic (exact) mass is 356 g/mol. The van der Waals surface area contributed by atoms with Gasteiger partial charge in [0.2, 0.25) is 0 Å². The van der Waals surface area contributed by atoms with Crippen molar-refractivity contribution in [1.29, 1.82) is 0 Å². The number of esters is 2. The maximum Gasteiger partial charge on any atom is 0.472 e. The number of carbonyl (C=O) groups is 2. The molecule has 1 N–H and O–H groups in total. The fourth-order valence-corrected chi connectivity index (χ4v) is 2.03. The number of rotatable bonds is 11. The number of hydrogen-bond donors (Lipinski definition) is 1. The van der Waals surface area contributed by atoms with Crippen molar-refractivity contribution in [1.82, 2.24) is 0 Å². The average molecular weight is 356 g/mol. The fourth-order valence-electron chi connectivity index (χ4n) is 1.28. The summed E-state index contributed by atoms with van der Waals surface area (Å²) in [6.07, 6.45) is -0.814. The standard InChI is InChI=1S/C13H26NO8P/c1-6-13(16)19-9-12(22-11(2)15)10-21-23(17,18)20-8-7-14(3,4)5/h12H,6-10H2,1-5H3/p+1. The molecule has 2 atom stereocenters. The largest absolute Gasteiger partial charge is 0.472 e. The molecule has 0 saturated carbocycles. The van der Waals surface area contributed by atoms with Crippen molar-refractivity contribution in [3.05, 3.63) is 0 Å². The maximum absolute atomic E-state index is 11.7.